The van der Waals surface area contributed by atoms with E-state index in [1.165, 1.54) is 16.9 Å². The SMILES string of the molecule is CC(C)c1ccc(CC(C(=O)O)c2ccc(Cl)s2)cc1. The number of hydrogen-bond acceptors (Lipinski definition) is 2. The Morgan fingerprint density at radius 3 is 2.30 bits per heavy atom. The minimum atomic E-state index is -0.809. The van der Waals surface area contributed by atoms with E-state index < -0.39 is 11.9 Å². The zero-order valence-electron chi connectivity index (χ0n) is 11.5. The quantitative estimate of drug-likeness (QED) is 0.849. The monoisotopic (exact) mass is 308 g/mol. The van der Waals surface area contributed by atoms with Crippen LogP contribution in [-0.4, -0.2) is 11.1 Å². The average molecular weight is 309 g/mol. The summed E-state index contributed by atoms with van der Waals surface area (Å²) in [5, 5.41) is 9.40. The molecule has 0 aliphatic carbocycles. The predicted molar refractivity (Wildman–Crippen MR) is 83.9 cm³/mol. The summed E-state index contributed by atoms with van der Waals surface area (Å²) in [6.45, 7) is 4.28. The minimum Gasteiger partial charge on any atom is -0.481 e. The van der Waals surface area contributed by atoms with Crippen molar-refractivity contribution in [3.63, 3.8) is 0 Å². The largest absolute Gasteiger partial charge is 0.481 e. The van der Waals surface area contributed by atoms with E-state index in [2.05, 4.69) is 26.0 Å². The molecule has 1 atom stereocenters. The summed E-state index contributed by atoms with van der Waals surface area (Å²) in [4.78, 5) is 12.3. The zero-order valence-corrected chi connectivity index (χ0v) is 13.0. The summed E-state index contributed by atoms with van der Waals surface area (Å²) in [5.74, 6) is -0.857. The van der Waals surface area contributed by atoms with E-state index in [0.29, 0.717) is 16.7 Å². The molecule has 0 bridgehead atoms. The fourth-order valence-electron chi connectivity index (χ4n) is 2.10. The molecule has 2 nitrogen and oxygen atoms in total. The molecule has 20 heavy (non-hydrogen) atoms. The van der Waals surface area contributed by atoms with Gasteiger partial charge in [-0.1, -0.05) is 49.7 Å². The molecule has 2 aromatic rings. The number of carbonyl (C=O) groups is 1. The molecule has 0 saturated heterocycles. The van der Waals surface area contributed by atoms with Crippen LogP contribution in [0.4, 0.5) is 0 Å². The van der Waals surface area contributed by atoms with E-state index in [0.717, 1.165) is 10.4 Å². The van der Waals surface area contributed by atoms with Crippen LogP contribution in [0.3, 0.4) is 0 Å². The molecular weight excluding hydrogens is 292 g/mol. The molecular formula is C16H17ClO2S. The van der Waals surface area contributed by atoms with Crippen molar-refractivity contribution in [2.24, 2.45) is 0 Å². The number of thiophene rings is 1. The molecule has 0 spiro atoms. The lowest BCUT2D eigenvalue weighted by Crippen LogP contribution is -2.13. The predicted octanol–water partition coefficient (Wildman–Crippen LogP) is 4.94. The highest BCUT2D eigenvalue weighted by Gasteiger charge is 2.22. The van der Waals surface area contributed by atoms with Crippen LogP contribution in [-0.2, 0) is 11.2 Å². The van der Waals surface area contributed by atoms with Crippen LogP contribution < -0.4 is 0 Å². The van der Waals surface area contributed by atoms with Crippen LogP contribution in [0.15, 0.2) is 36.4 Å². The third-order valence-corrected chi connectivity index (χ3v) is 4.67. The first-order valence-electron chi connectivity index (χ1n) is 6.54. The molecule has 106 valence electrons. The van der Waals surface area contributed by atoms with Gasteiger partial charge in [-0.3, -0.25) is 4.79 Å². The molecule has 0 saturated carbocycles. The van der Waals surface area contributed by atoms with Gasteiger partial charge in [0.1, 0.15) is 0 Å². The van der Waals surface area contributed by atoms with Crippen molar-refractivity contribution in [1.82, 2.24) is 0 Å². The second kappa shape index (κ2) is 6.42. The van der Waals surface area contributed by atoms with Crippen LogP contribution in [0.5, 0.6) is 0 Å². The van der Waals surface area contributed by atoms with E-state index >= 15 is 0 Å². The Morgan fingerprint density at radius 1 is 1.20 bits per heavy atom. The summed E-state index contributed by atoms with van der Waals surface area (Å²) in [5.41, 5.74) is 2.30. The fourth-order valence-corrected chi connectivity index (χ4v) is 3.25. The molecule has 0 radical (unpaired) electrons. The number of rotatable bonds is 5. The minimum absolute atomic E-state index is 0.482. The fraction of sp³-hybridized carbons (Fsp3) is 0.312. The topological polar surface area (TPSA) is 37.3 Å². The number of aliphatic carboxylic acids is 1. The maximum Gasteiger partial charge on any atom is 0.312 e. The van der Waals surface area contributed by atoms with Gasteiger partial charge in [0.2, 0.25) is 0 Å². The summed E-state index contributed by atoms with van der Waals surface area (Å²) in [7, 11) is 0. The Balaban J connectivity index is 2.18. The van der Waals surface area contributed by atoms with Crippen molar-refractivity contribution in [2.75, 3.05) is 0 Å². The van der Waals surface area contributed by atoms with Crippen molar-refractivity contribution in [3.8, 4) is 0 Å². The first-order valence-corrected chi connectivity index (χ1v) is 7.73. The molecule has 2 rings (SSSR count). The van der Waals surface area contributed by atoms with Gasteiger partial charge < -0.3 is 5.11 Å². The Kier molecular flexibility index (Phi) is 4.84. The molecule has 0 fully saturated rings. The smallest absolute Gasteiger partial charge is 0.312 e. The first-order chi connectivity index (χ1) is 9.47. The van der Waals surface area contributed by atoms with E-state index in [4.69, 9.17) is 11.6 Å². The van der Waals surface area contributed by atoms with Gasteiger partial charge in [0.15, 0.2) is 0 Å². The molecule has 1 N–H and O–H groups in total. The van der Waals surface area contributed by atoms with Crippen molar-refractivity contribution in [2.45, 2.75) is 32.1 Å². The third kappa shape index (κ3) is 3.62. The van der Waals surface area contributed by atoms with Gasteiger partial charge in [0.05, 0.1) is 10.3 Å². The maximum atomic E-state index is 11.5. The maximum absolute atomic E-state index is 11.5. The van der Waals surface area contributed by atoms with E-state index in [9.17, 15) is 9.90 Å². The van der Waals surface area contributed by atoms with Gasteiger partial charge in [-0.15, -0.1) is 11.3 Å². The lowest BCUT2D eigenvalue weighted by atomic mass is 9.95. The van der Waals surface area contributed by atoms with Crippen molar-refractivity contribution < 1.29 is 9.90 Å². The highest BCUT2D eigenvalue weighted by molar-refractivity contribution is 7.16. The summed E-state index contributed by atoms with van der Waals surface area (Å²) < 4.78 is 0.626. The number of carboxylic acid groups (broad SMARTS) is 1. The van der Waals surface area contributed by atoms with Gasteiger partial charge in [0.25, 0.3) is 0 Å². The van der Waals surface area contributed by atoms with Crippen molar-refractivity contribution in [3.05, 3.63) is 56.7 Å². The Hall–Kier alpha value is -1.32. The Labute approximate surface area is 128 Å². The molecule has 4 heteroatoms. The lowest BCUT2D eigenvalue weighted by Gasteiger charge is -2.12. The van der Waals surface area contributed by atoms with Crippen LogP contribution in [0, 0.1) is 0 Å². The second-order valence-electron chi connectivity index (χ2n) is 5.13. The molecule has 0 aliphatic heterocycles. The highest BCUT2D eigenvalue weighted by atomic mass is 35.5. The molecule has 1 aromatic carbocycles. The molecule has 0 amide bonds. The molecule has 1 unspecified atom stereocenters. The van der Waals surface area contributed by atoms with Gasteiger partial charge in [-0.2, -0.15) is 0 Å². The standard InChI is InChI=1S/C16H17ClO2S/c1-10(2)12-5-3-11(4-6-12)9-13(16(18)19)14-7-8-15(17)20-14/h3-8,10,13H,9H2,1-2H3,(H,18,19). The van der Waals surface area contributed by atoms with Gasteiger partial charge in [0, 0.05) is 4.88 Å². The molecule has 1 aromatic heterocycles. The number of benzene rings is 1. The van der Waals surface area contributed by atoms with Crippen molar-refractivity contribution >= 4 is 28.9 Å². The molecule has 1 heterocycles. The van der Waals surface area contributed by atoms with Gasteiger partial charge in [-0.05, 0) is 35.6 Å². The van der Waals surface area contributed by atoms with Crippen LogP contribution >= 0.6 is 22.9 Å². The first kappa shape index (κ1) is 15.1. The second-order valence-corrected chi connectivity index (χ2v) is 6.88. The van der Waals surface area contributed by atoms with Crippen LogP contribution in [0.1, 0.15) is 41.7 Å². The summed E-state index contributed by atoms with van der Waals surface area (Å²) >= 11 is 7.23. The number of carboxylic acids is 1. The number of hydrogen-bond donors (Lipinski definition) is 1. The van der Waals surface area contributed by atoms with Gasteiger partial charge >= 0.3 is 5.97 Å². The summed E-state index contributed by atoms with van der Waals surface area (Å²) in [6, 6.07) is 11.7. The van der Waals surface area contributed by atoms with E-state index in [1.54, 1.807) is 12.1 Å². The highest BCUT2D eigenvalue weighted by Crippen LogP contribution is 2.31. The molecule has 0 aliphatic rings. The lowest BCUT2D eigenvalue weighted by molar-refractivity contribution is -0.138. The van der Waals surface area contributed by atoms with Gasteiger partial charge in [-0.25, -0.2) is 0 Å². The Morgan fingerprint density at radius 2 is 1.85 bits per heavy atom. The normalized spacial score (nSPS) is 12.6. The third-order valence-electron chi connectivity index (χ3n) is 3.32. The number of halogens is 1. The van der Waals surface area contributed by atoms with E-state index in [-0.39, 0.29) is 0 Å². The van der Waals surface area contributed by atoms with E-state index in [1.807, 2.05) is 12.1 Å². The zero-order chi connectivity index (χ0) is 14.7. The summed E-state index contributed by atoms with van der Waals surface area (Å²) in [6.07, 6.45) is 0.491. The Bertz CT molecular complexity index is 587. The average Bonchev–Trinajstić information content (AvgIpc) is 2.82. The van der Waals surface area contributed by atoms with Crippen LogP contribution in [0.25, 0.3) is 0 Å². The van der Waals surface area contributed by atoms with Crippen molar-refractivity contribution in [1.29, 1.82) is 0 Å². The van der Waals surface area contributed by atoms with Crippen LogP contribution in [0.2, 0.25) is 4.34 Å².